The summed E-state index contributed by atoms with van der Waals surface area (Å²) in [5.41, 5.74) is 0.799. The number of amides is 1. The predicted octanol–water partition coefficient (Wildman–Crippen LogP) is 2.27. The highest BCUT2D eigenvalue weighted by atomic mass is 16.3. The first-order valence-corrected chi connectivity index (χ1v) is 7.51. The number of nitrogens with one attached hydrogen (secondary N) is 1. The molecule has 0 aliphatic heterocycles. The summed E-state index contributed by atoms with van der Waals surface area (Å²) in [6.45, 7) is 1.30. The van der Waals surface area contributed by atoms with Crippen LogP contribution in [0.4, 0.5) is 0 Å². The maximum atomic E-state index is 12.1. The van der Waals surface area contributed by atoms with Gasteiger partial charge in [-0.05, 0) is 31.0 Å². The molecule has 0 bridgehead atoms. The lowest BCUT2D eigenvalue weighted by molar-refractivity contribution is -0.122. The van der Waals surface area contributed by atoms with Crippen LogP contribution in [0.25, 0.3) is 0 Å². The highest BCUT2D eigenvalue weighted by Crippen LogP contribution is 2.20. The van der Waals surface area contributed by atoms with Crippen LogP contribution in [-0.2, 0) is 17.9 Å². The van der Waals surface area contributed by atoms with Crippen molar-refractivity contribution in [3.63, 3.8) is 0 Å². The Morgan fingerprint density at radius 3 is 2.73 bits per heavy atom. The molecule has 116 valence electrons. The van der Waals surface area contributed by atoms with Crippen LogP contribution in [0.3, 0.4) is 0 Å². The van der Waals surface area contributed by atoms with Crippen molar-refractivity contribution in [2.24, 2.45) is 0 Å². The summed E-state index contributed by atoms with van der Waals surface area (Å²) in [4.78, 5) is 14.0. The smallest absolute Gasteiger partial charge is 0.234 e. The molecule has 3 rings (SSSR count). The first kappa shape index (κ1) is 14.7. The summed E-state index contributed by atoms with van der Waals surface area (Å²) in [6, 6.07) is 11.3. The number of para-hydroxylation sites is 1. The van der Waals surface area contributed by atoms with Crippen LogP contribution in [0.2, 0.25) is 0 Å². The van der Waals surface area contributed by atoms with Crippen molar-refractivity contribution in [2.45, 2.75) is 32.0 Å². The molecular weight excluding hydrogens is 280 g/mol. The zero-order valence-electron chi connectivity index (χ0n) is 12.4. The third-order valence-corrected chi connectivity index (χ3v) is 3.65. The zero-order valence-corrected chi connectivity index (χ0v) is 12.4. The molecule has 5 nitrogen and oxygen atoms in total. The Morgan fingerprint density at radius 1 is 1.23 bits per heavy atom. The van der Waals surface area contributed by atoms with E-state index in [2.05, 4.69) is 5.32 Å². The van der Waals surface area contributed by atoms with Gasteiger partial charge in [0.1, 0.15) is 11.5 Å². The molecule has 0 saturated heterocycles. The van der Waals surface area contributed by atoms with Crippen molar-refractivity contribution in [2.75, 3.05) is 6.54 Å². The second-order valence-electron chi connectivity index (χ2n) is 5.70. The van der Waals surface area contributed by atoms with E-state index in [1.807, 2.05) is 29.2 Å². The molecule has 2 aromatic rings. The maximum Gasteiger partial charge on any atom is 0.234 e. The number of nitrogens with zero attached hydrogens (tertiary/aromatic N) is 1. The second kappa shape index (κ2) is 6.66. The normalized spacial score (nSPS) is 14.2. The van der Waals surface area contributed by atoms with Gasteiger partial charge in [0, 0.05) is 18.2 Å². The first-order chi connectivity index (χ1) is 10.7. The van der Waals surface area contributed by atoms with E-state index in [-0.39, 0.29) is 18.2 Å². The molecule has 0 radical (unpaired) electrons. The topological polar surface area (TPSA) is 65.7 Å². The van der Waals surface area contributed by atoms with Gasteiger partial charge in [-0.15, -0.1) is 0 Å². The zero-order chi connectivity index (χ0) is 15.4. The fourth-order valence-electron chi connectivity index (χ4n) is 2.38. The summed E-state index contributed by atoms with van der Waals surface area (Å²) in [6.07, 6.45) is 3.77. The lowest BCUT2D eigenvalue weighted by Crippen LogP contribution is -2.37. The molecule has 1 fully saturated rings. The van der Waals surface area contributed by atoms with E-state index in [9.17, 15) is 9.90 Å². The Hall–Kier alpha value is -2.27. The second-order valence-corrected chi connectivity index (χ2v) is 5.70. The van der Waals surface area contributed by atoms with Crippen LogP contribution < -0.4 is 5.32 Å². The Kier molecular flexibility index (Phi) is 4.44. The summed E-state index contributed by atoms with van der Waals surface area (Å²) in [5, 5.41) is 12.9. The number of furan rings is 1. The molecule has 1 aromatic heterocycles. The average molecular weight is 300 g/mol. The molecule has 0 spiro atoms. The van der Waals surface area contributed by atoms with Crippen molar-refractivity contribution in [1.29, 1.82) is 0 Å². The minimum atomic E-state index is 0.0180. The van der Waals surface area contributed by atoms with Gasteiger partial charge in [-0.1, -0.05) is 18.2 Å². The van der Waals surface area contributed by atoms with E-state index in [4.69, 9.17) is 4.42 Å². The van der Waals surface area contributed by atoms with Crippen LogP contribution in [0.15, 0.2) is 47.1 Å². The summed E-state index contributed by atoms with van der Waals surface area (Å²) in [7, 11) is 0. The molecule has 1 saturated carbocycles. The van der Waals surface area contributed by atoms with Crippen molar-refractivity contribution < 1.29 is 14.3 Å². The van der Waals surface area contributed by atoms with Crippen molar-refractivity contribution in [1.82, 2.24) is 10.2 Å². The quantitative estimate of drug-likeness (QED) is 0.823. The third-order valence-electron chi connectivity index (χ3n) is 3.65. The number of aromatic hydroxyl groups is 1. The summed E-state index contributed by atoms with van der Waals surface area (Å²) in [5.74, 6) is 1.06. The molecule has 1 amide bonds. The predicted molar refractivity (Wildman–Crippen MR) is 82.1 cm³/mol. The monoisotopic (exact) mass is 300 g/mol. The molecule has 5 heteroatoms. The highest BCUT2D eigenvalue weighted by Gasteiger charge is 2.24. The van der Waals surface area contributed by atoms with Crippen molar-refractivity contribution in [3.05, 3.63) is 54.0 Å². The van der Waals surface area contributed by atoms with Gasteiger partial charge in [-0.25, -0.2) is 0 Å². The van der Waals surface area contributed by atoms with Crippen molar-refractivity contribution in [3.8, 4) is 5.75 Å². The number of hydrogen-bond donors (Lipinski definition) is 2. The number of carbonyl (C=O) groups excluding carboxylic acids is 1. The maximum absolute atomic E-state index is 12.1. The van der Waals surface area contributed by atoms with Crippen LogP contribution in [0.5, 0.6) is 5.75 Å². The lowest BCUT2D eigenvalue weighted by Gasteiger charge is -2.21. The Bertz CT molecular complexity index is 621. The van der Waals surface area contributed by atoms with E-state index >= 15 is 0 Å². The van der Waals surface area contributed by atoms with E-state index < -0.39 is 0 Å². The minimum Gasteiger partial charge on any atom is -0.508 e. The van der Waals surface area contributed by atoms with Crippen LogP contribution in [-0.4, -0.2) is 28.5 Å². The fraction of sp³-hybridized carbons (Fsp3) is 0.353. The lowest BCUT2D eigenvalue weighted by atomic mass is 10.2. The number of phenols is 1. The fourth-order valence-corrected chi connectivity index (χ4v) is 2.38. The largest absolute Gasteiger partial charge is 0.508 e. The number of phenolic OH excluding ortho intramolecular Hbond substituents is 1. The molecule has 1 aliphatic carbocycles. The SMILES string of the molecule is O=C(CN(Cc1ccco1)Cc1ccccc1O)NC1CC1. The first-order valence-electron chi connectivity index (χ1n) is 7.51. The van der Waals surface area contributed by atoms with Crippen LogP contribution in [0, 0.1) is 0 Å². The Balaban J connectivity index is 1.67. The molecular formula is C17H20N2O3. The number of carbonyl (C=O) groups is 1. The average Bonchev–Trinajstić information content (AvgIpc) is 3.14. The minimum absolute atomic E-state index is 0.0180. The highest BCUT2D eigenvalue weighted by molar-refractivity contribution is 5.78. The Morgan fingerprint density at radius 2 is 2.05 bits per heavy atom. The van der Waals surface area contributed by atoms with Gasteiger partial charge in [0.05, 0.1) is 19.4 Å². The summed E-state index contributed by atoms with van der Waals surface area (Å²) < 4.78 is 5.37. The molecule has 1 heterocycles. The molecule has 0 unspecified atom stereocenters. The number of rotatable bonds is 7. The van der Waals surface area contributed by atoms with Gasteiger partial charge in [0.25, 0.3) is 0 Å². The van der Waals surface area contributed by atoms with Gasteiger partial charge in [0.15, 0.2) is 0 Å². The van der Waals surface area contributed by atoms with Gasteiger partial charge in [-0.2, -0.15) is 0 Å². The van der Waals surface area contributed by atoms with E-state index in [1.165, 1.54) is 0 Å². The summed E-state index contributed by atoms with van der Waals surface area (Å²) >= 11 is 0. The van der Waals surface area contributed by atoms with E-state index in [0.29, 0.717) is 19.1 Å². The standard InChI is InChI=1S/C17H20N2O3/c20-16-6-2-1-4-13(16)10-19(11-15-5-3-9-22-15)12-17(21)18-14-7-8-14/h1-6,9,14,20H,7-8,10-12H2,(H,18,21). The van der Waals surface area contributed by atoms with Crippen LogP contribution >= 0.6 is 0 Å². The Labute approximate surface area is 129 Å². The van der Waals surface area contributed by atoms with Gasteiger partial charge >= 0.3 is 0 Å². The van der Waals surface area contributed by atoms with Gasteiger partial charge in [0.2, 0.25) is 5.91 Å². The number of benzene rings is 1. The molecule has 1 aromatic carbocycles. The third kappa shape index (κ3) is 4.11. The number of hydrogen-bond acceptors (Lipinski definition) is 4. The van der Waals surface area contributed by atoms with Crippen LogP contribution in [0.1, 0.15) is 24.2 Å². The van der Waals surface area contributed by atoms with E-state index in [0.717, 1.165) is 24.2 Å². The van der Waals surface area contributed by atoms with Gasteiger partial charge in [-0.3, -0.25) is 9.69 Å². The van der Waals surface area contributed by atoms with Crippen molar-refractivity contribution >= 4 is 5.91 Å². The molecule has 2 N–H and O–H groups in total. The van der Waals surface area contributed by atoms with Gasteiger partial charge < -0.3 is 14.8 Å². The molecule has 0 atom stereocenters. The van der Waals surface area contributed by atoms with E-state index in [1.54, 1.807) is 18.4 Å². The molecule has 22 heavy (non-hydrogen) atoms. The molecule has 1 aliphatic rings.